The number of halogens is 2. The zero-order chi connectivity index (χ0) is 20.8. The molecular weight excluding hydrogens is 393 g/mol. The second-order valence-electron chi connectivity index (χ2n) is 7.85. The van der Waals surface area contributed by atoms with Crippen molar-refractivity contribution >= 4 is 23.1 Å². The van der Waals surface area contributed by atoms with E-state index in [1.165, 1.54) is 12.1 Å². The monoisotopic (exact) mass is 415 g/mol. The predicted molar refractivity (Wildman–Crippen MR) is 111 cm³/mol. The SMILES string of the molecule is CO[C@H]1CC[C@@]2(CC1)NC(=O)C(c1cc(-c3ccc(Cl)c(F)c3)ccc1C)=C2O. The standard InChI is InChI=1S/C23H23ClFNO3/c1-13-3-4-14(15-5-6-18(24)19(25)12-15)11-17(13)20-21(27)23(26-22(20)28)9-7-16(29-2)8-10-23/h3-6,11-12,16,27H,7-10H2,1-2H3,(H,26,28)/t16-,23-. The molecule has 1 fully saturated rings. The molecule has 2 aliphatic rings. The molecule has 4 nitrogen and oxygen atoms in total. The number of carbonyl (C=O) groups excluding carboxylic acids is 1. The van der Waals surface area contributed by atoms with Crippen LogP contribution in [0.15, 0.2) is 42.2 Å². The Kier molecular flexibility index (Phi) is 5.13. The first-order valence-corrected chi connectivity index (χ1v) is 10.1. The number of aryl methyl sites for hydroxylation is 1. The van der Waals surface area contributed by atoms with Crippen LogP contribution in [0.25, 0.3) is 16.7 Å². The third-order valence-corrected chi connectivity index (χ3v) is 6.46. The molecule has 1 saturated carbocycles. The molecule has 0 aromatic heterocycles. The number of rotatable bonds is 3. The first-order valence-electron chi connectivity index (χ1n) is 9.70. The van der Waals surface area contributed by atoms with Crippen molar-refractivity contribution in [2.75, 3.05) is 7.11 Å². The highest BCUT2D eigenvalue weighted by molar-refractivity contribution is 6.30. The molecule has 4 rings (SSSR count). The molecule has 2 aromatic rings. The lowest BCUT2D eigenvalue weighted by Gasteiger charge is -2.36. The van der Waals surface area contributed by atoms with Gasteiger partial charge in [-0.25, -0.2) is 4.39 Å². The molecule has 0 unspecified atom stereocenters. The number of amides is 1. The summed E-state index contributed by atoms with van der Waals surface area (Å²) >= 11 is 5.79. The van der Waals surface area contributed by atoms with Gasteiger partial charge in [0.15, 0.2) is 0 Å². The highest BCUT2D eigenvalue weighted by atomic mass is 35.5. The van der Waals surface area contributed by atoms with E-state index >= 15 is 0 Å². The van der Waals surface area contributed by atoms with E-state index in [0.29, 0.717) is 29.5 Å². The maximum absolute atomic E-state index is 13.9. The Hall–Kier alpha value is -2.37. The number of benzene rings is 2. The minimum absolute atomic E-state index is 0.0604. The predicted octanol–water partition coefficient (Wildman–Crippen LogP) is 5.18. The van der Waals surface area contributed by atoms with E-state index in [2.05, 4.69) is 5.32 Å². The van der Waals surface area contributed by atoms with E-state index in [1.54, 1.807) is 13.2 Å². The van der Waals surface area contributed by atoms with Gasteiger partial charge in [-0.3, -0.25) is 4.79 Å². The fourth-order valence-corrected chi connectivity index (χ4v) is 4.48. The van der Waals surface area contributed by atoms with Gasteiger partial charge in [0.2, 0.25) is 0 Å². The summed E-state index contributed by atoms with van der Waals surface area (Å²) in [4.78, 5) is 12.9. The van der Waals surface area contributed by atoms with E-state index in [1.807, 2.05) is 25.1 Å². The summed E-state index contributed by atoms with van der Waals surface area (Å²) in [5.41, 5.74) is 2.49. The van der Waals surface area contributed by atoms with Crippen LogP contribution in [0, 0.1) is 12.7 Å². The lowest BCUT2D eigenvalue weighted by molar-refractivity contribution is -0.116. The van der Waals surface area contributed by atoms with Crippen LogP contribution in [0.4, 0.5) is 4.39 Å². The summed E-state index contributed by atoms with van der Waals surface area (Å²) in [6, 6.07) is 10.2. The molecule has 0 atom stereocenters. The summed E-state index contributed by atoms with van der Waals surface area (Å²) in [6.07, 6.45) is 2.97. The van der Waals surface area contributed by atoms with Crippen LogP contribution in [0.2, 0.25) is 5.02 Å². The van der Waals surface area contributed by atoms with Crippen LogP contribution in [0.1, 0.15) is 36.8 Å². The molecule has 2 N–H and O–H groups in total. The number of aliphatic hydroxyl groups excluding tert-OH is 1. The quantitative estimate of drug-likeness (QED) is 0.726. The van der Waals surface area contributed by atoms with Gasteiger partial charge in [-0.1, -0.05) is 29.8 Å². The van der Waals surface area contributed by atoms with Gasteiger partial charge >= 0.3 is 0 Å². The van der Waals surface area contributed by atoms with Crippen LogP contribution in [-0.2, 0) is 9.53 Å². The van der Waals surface area contributed by atoms with E-state index in [-0.39, 0.29) is 22.8 Å². The van der Waals surface area contributed by atoms with Gasteiger partial charge in [-0.05, 0) is 73.1 Å². The van der Waals surface area contributed by atoms with Gasteiger partial charge in [-0.15, -0.1) is 0 Å². The summed E-state index contributed by atoms with van der Waals surface area (Å²) < 4.78 is 19.3. The molecule has 6 heteroatoms. The Labute approximate surface area is 174 Å². The maximum atomic E-state index is 13.9. The average Bonchev–Trinajstić information content (AvgIpc) is 2.95. The zero-order valence-electron chi connectivity index (χ0n) is 16.4. The Balaban J connectivity index is 1.75. The summed E-state index contributed by atoms with van der Waals surface area (Å²) in [5, 5.41) is 14.2. The van der Waals surface area contributed by atoms with Gasteiger partial charge < -0.3 is 15.2 Å². The Morgan fingerprint density at radius 1 is 1.17 bits per heavy atom. The number of methoxy groups -OCH3 is 1. The molecule has 0 radical (unpaired) electrons. The largest absolute Gasteiger partial charge is 0.509 e. The van der Waals surface area contributed by atoms with Crippen molar-refractivity contribution in [2.45, 2.75) is 44.2 Å². The molecule has 1 heterocycles. The number of aliphatic hydroxyl groups is 1. The molecule has 152 valence electrons. The Morgan fingerprint density at radius 3 is 2.48 bits per heavy atom. The number of carbonyl (C=O) groups is 1. The van der Waals surface area contributed by atoms with Crippen LogP contribution in [-0.4, -0.2) is 29.8 Å². The third kappa shape index (κ3) is 3.43. The maximum Gasteiger partial charge on any atom is 0.256 e. The van der Waals surface area contributed by atoms with Crippen LogP contribution in [0.3, 0.4) is 0 Å². The average molecular weight is 416 g/mol. The minimum Gasteiger partial charge on any atom is -0.509 e. The minimum atomic E-state index is -0.726. The first kappa shape index (κ1) is 19.9. The highest BCUT2D eigenvalue weighted by Gasteiger charge is 2.48. The van der Waals surface area contributed by atoms with E-state index in [4.69, 9.17) is 16.3 Å². The van der Waals surface area contributed by atoms with Crippen molar-refractivity contribution in [3.63, 3.8) is 0 Å². The smallest absolute Gasteiger partial charge is 0.256 e. The fourth-order valence-electron chi connectivity index (χ4n) is 4.36. The molecule has 1 amide bonds. The fraction of sp³-hybridized carbons (Fsp3) is 0.348. The van der Waals surface area contributed by atoms with E-state index in [9.17, 15) is 14.3 Å². The molecule has 0 saturated heterocycles. The molecule has 1 aliphatic carbocycles. The Morgan fingerprint density at radius 2 is 1.83 bits per heavy atom. The lowest BCUT2D eigenvalue weighted by Crippen LogP contribution is -2.48. The van der Waals surface area contributed by atoms with E-state index in [0.717, 1.165) is 24.0 Å². The van der Waals surface area contributed by atoms with Crippen molar-refractivity contribution in [3.05, 3.63) is 64.1 Å². The van der Waals surface area contributed by atoms with Crippen molar-refractivity contribution in [1.82, 2.24) is 5.32 Å². The normalized spacial score (nSPS) is 24.3. The van der Waals surface area contributed by atoms with Crippen molar-refractivity contribution in [3.8, 4) is 11.1 Å². The van der Waals surface area contributed by atoms with Gasteiger partial charge in [0.25, 0.3) is 5.91 Å². The van der Waals surface area contributed by atoms with Crippen molar-refractivity contribution in [1.29, 1.82) is 0 Å². The van der Waals surface area contributed by atoms with Gasteiger partial charge in [-0.2, -0.15) is 0 Å². The molecule has 2 aromatic carbocycles. The van der Waals surface area contributed by atoms with Crippen LogP contribution < -0.4 is 5.32 Å². The zero-order valence-corrected chi connectivity index (χ0v) is 17.1. The number of hydrogen-bond donors (Lipinski definition) is 2. The summed E-state index contributed by atoms with van der Waals surface area (Å²) in [7, 11) is 1.69. The molecule has 1 spiro atoms. The topological polar surface area (TPSA) is 58.6 Å². The second-order valence-corrected chi connectivity index (χ2v) is 8.26. The number of nitrogens with one attached hydrogen (secondary N) is 1. The van der Waals surface area contributed by atoms with Crippen molar-refractivity contribution in [2.24, 2.45) is 0 Å². The molecular formula is C23H23ClFNO3. The number of ether oxygens (including phenoxy) is 1. The van der Waals surface area contributed by atoms with Gasteiger partial charge in [0.1, 0.15) is 11.6 Å². The van der Waals surface area contributed by atoms with Crippen LogP contribution >= 0.6 is 11.6 Å². The highest BCUT2D eigenvalue weighted by Crippen LogP contribution is 2.43. The molecule has 0 bridgehead atoms. The second kappa shape index (κ2) is 7.47. The van der Waals surface area contributed by atoms with Crippen molar-refractivity contribution < 1.29 is 19.0 Å². The molecule has 1 aliphatic heterocycles. The van der Waals surface area contributed by atoms with E-state index < -0.39 is 11.4 Å². The van der Waals surface area contributed by atoms with Gasteiger partial charge in [0.05, 0.1) is 22.2 Å². The van der Waals surface area contributed by atoms with Crippen LogP contribution in [0.5, 0.6) is 0 Å². The first-order chi connectivity index (χ1) is 13.8. The summed E-state index contributed by atoms with van der Waals surface area (Å²) in [6.45, 7) is 1.89. The van der Waals surface area contributed by atoms with Gasteiger partial charge in [0, 0.05) is 7.11 Å². The Bertz CT molecular complexity index is 1010. The third-order valence-electron chi connectivity index (χ3n) is 6.15. The summed E-state index contributed by atoms with van der Waals surface area (Å²) in [5.74, 6) is -0.679. The number of hydrogen-bond acceptors (Lipinski definition) is 3. The lowest BCUT2D eigenvalue weighted by atomic mass is 9.79. The molecule has 29 heavy (non-hydrogen) atoms.